The summed E-state index contributed by atoms with van der Waals surface area (Å²) in [6.45, 7) is 2.91. The molecule has 22 heavy (non-hydrogen) atoms. The van der Waals surface area contributed by atoms with E-state index in [4.69, 9.17) is 15.2 Å². The zero-order chi connectivity index (χ0) is 15.8. The first kappa shape index (κ1) is 17.2. The van der Waals surface area contributed by atoms with E-state index in [1.165, 1.54) is 0 Å². The fraction of sp³-hybridized carbons (Fsp3) is 0.562. The number of nitrogens with zero attached hydrogens (tertiary/aromatic N) is 1. The summed E-state index contributed by atoms with van der Waals surface area (Å²) in [5.74, 6) is 0.725. The number of piperidine rings is 1. The molecule has 2 rings (SSSR count). The van der Waals surface area contributed by atoms with Gasteiger partial charge in [-0.25, -0.2) is 0 Å². The Labute approximate surface area is 139 Å². The second-order valence-corrected chi connectivity index (χ2v) is 6.25. The van der Waals surface area contributed by atoms with E-state index < -0.39 is 0 Å². The number of amides is 1. The first-order chi connectivity index (χ1) is 10.7. The fourth-order valence-electron chi connectivity index (χ4n) is 2.40. The quantitative estimate of drug-likeness (QED) is 0.747. The predicted octanol–water partition coefficient (Wildman–Crippen LogP) is 2.18. The zero-order valence-corrected chi connectivity index (χ0v) is 14.3. The Morgan fingerprint density at radius 3 is 2.82 bits per heavy atom. The third-order valence-corrected chi connectivity index (χ3v) is 4.15. The standard InChI is InChI=1S/C16H23BrN2O3/c17-13-3-1-4-15(11-13)22-12-16(20)19-8-5-14(6-9-19)21-10-2-7-18/h1,3-4,11,14H,2,5-10,12,18H2. The molecule has 0 aromatic heterocycles. The summed E-state index contributed by atoms with van der Waals surface area (Å²) < 4.78 is 12.2. The lowest BCUT2D eigenvalue weighted by atomic mass is 10.1. The summed E-state index contributed by atoms with van der Waals surface area (Å²) in [7, 11) is 0. The van der Waals surface area contributed by atoms with E-state index in [9.17, 15) is 4.79 Å². The number of rotatable bonds is 7. The predicted molar refractivity (Wildman–Crippen MR) is 88.9 cm³/mol. The highest BCUT2D eigenvalue weighted by molar-refractivity contribution is 9.10. The number of nitrogens with two attached hydrogens (primary N) is 1. The SMILES string of the molecule is NCCCOC1CCN(C(=O)COc2cccc(Br)c2)CC1. The van der Waals surface area contributed by atoms with Gasteiger partial charge in [-0.1, -0.05) is 22.0 Å². The molecule has 1 aromatic carbocycles. The Kier molecular flexibility index (Phi) is 7.15. The Morgan fingerprint density at radius 2 is 2.14 bits per heavy atom. The first-order valence-electron chi connectivity index (χ1n) is 7.67. The second-order valence-electron chi connectivity index (χ2n) is 5.34. The molecule has 0 aliphatic carbocycles. The van der Waals surface area contributed by atoms with Gasteiger partial charge in [0.15, 0.2) is 6.61 Å². The maximum atomic E-state index is 12.2. The van der Waals surface area contributed by atoms with Crippen LogP contribution in [0.1, 0.15) is 19.3 Å². The normalized spacial score (nSPS) is 15.8. The molecule has 1 heterocycles. The number of halogens is 1. The fourth-order valence-corrected chi connectivity index (χ4v) is 2.78. The van der Waals surface area contributed by atoms with Crippen molar-refractivity contribution in [2.24, 2.45) is 5.73 Å². The Bertz CT molecular complexity index is 476. The molecule has 1 aliphatic heterocycles. The summed E-state index contributed by atoms with van der Waals surface area (Å²) in [5, 5.41) is 0. The topological polar surface area (TPSA) is 64.8 Å². The van der Waals surface area contributed by atoms with Gasteiger partial charge in [-0.2, -0.15) is 0 Å². The van der Waals surface area contributed by atoms with Crippen LogP contribution in [-0.2, 0) is 9.53 Å². The summed E-state index contributed by atoms with van der Waals surface area (Å²) >= 11 is 3.38. The van der Waals surface area contributed by atoms with Crippen molar-refractivity contribution in [1.82, 2.24) is 4.90 Å². The smallest absolute Gasteiger partial charge is 0.260 e. The van der Waals surface area contributed by atoms with Crippen molar-refractivity contribution in [3.63, 3.8) is 0 Å². The second kappa shape index (κ2) is 9.12. The number of benzene rings is 1. The molecule has 122 valence electrons. The van der Waals surface area contributed by atoms with Crippen LogP contribution < -0.4 is 10.5 Å². The molecule has 1 fully saturated rings. The number of carbonyl (C=O) groups is 1. The molecule has 6 heteroatoms. The van der Waals surface area contributed by atoms with Crippen LogP contribution in [0.15, 0.2) is 28.7 Å². The van der Waals surface area contributed by atoms with Gasteiger partial charge in [0.25, 0.3) is 5.91 Å². The molecule has 1 aliphatic rings. The van der Waals surface area contributed by atoms with Crippen LogP contribution in [0.25, 0.3) is 0 Å². The minimum atomic E-state index is 0.0281. The van der Waals surface area contributed by atoms with Gasteiger partial charge in [-0.3, -0.25) is 4.79 Å². The van der Waals surface area contributed by atoms with Crippen molar-refractivity contribution in [2.45, 2.75) is 25.4 Å². The molecule has 5 nitrogen and oxygen atoms in total. The van der Waals surface area contributed by atoms with E-state index in [0.29, 0.717) is 18.9 Å². The molecule has 2 N–H and O–H groups in total. The number of likely N-dealkylation sites (tertiary alicyclic amines) is 1. The molecule has 0 radical (unpaired) electrons. The van der Waals surface area contributed by atoms with Gasteiger partial charge in [0, 0.05) is 24.2 Å². The average molecular weight is 371 g/mol. The van der Waals surface area contributed by atoms with Crippen LogP contribution in [0.5, 0.6) is 5.75 Å². The molecule has 1 amide bonds. The van der Waals surface area contributed by atoms with E-state index in [1.54, 1.807) is 0 Å². The molecule has 1 saturated heterocycles. The van der Waals surface area contributed by atoms with Gasteiger partial charge in [-0.15, -0.1) is 0 Å². The van der Waals surface area contributed by atoms with Gasteiger partial charge >= 0.3 is 0 Å². The van der Waals surface area contributed by atoms with Gasteiger partial charge < -0.3 is 20.1 Å². The highest BCUT2D eigenvalue weighted by atomic mass is 79.9. The molecular weight excluding hydrogens is 348 g/mol. The third kappa shape index (κ3) is 5.59. The highest BCUT2D eigenvalue weighted by Gasteiger charge is 2.23. The van der Waals surface area contributed by atoms with Gasteiger partial charge in [0.05, 0.1) is 6.10 Å². The van der Waals surface area contributed by atoms with E-state index in [0.717, 1.165) is 36.8 Å². The largest absolute Gasteiger partial charge is 0.484 e. The first-order valence-corrected chi connectivity index (χ1v) is 8.46. The highest BCUT2D eigenvalue weighted by Crippen LogP contribution is 2.18. The minimum absolute atomic E-state index is 0.0281. The van der Waals surface area contributed by atoms with Crippen molar-refractivity contribution in [2.75, 3.05) is 32.8 Å². The minimum Gasteiger partial charge on any atom is -0.484 e. The maximum Gasteiger partial charge on any atom is 0.260 e. The summed E-state index contributed by atoms with van der Waals surface area (Å²) in [6.07, 6.45) is 2.90. The number of carbonyl (C=O) groups excluding carboxylic acids is 1. The lowest BCUT2D eigenvalue weighted by molar-refractivity contribution is -0.136. The molecular formula is C16H23BrN2O3. The monoisotopic (exact) mass is 370 g/mol. The molecule has 0 bridgehead atoms. The number of ether oxygens (including phenoxy) is 2. The molecule has 0 unspecified atom stereocenters. The van der Waals surface area contributed by atoms with Crippen LogP contribution in [0.4, 0.5) is 0 Å². The molecule has 0 saturated carbocycles. The van der Waals surface area contributed by atoms with Crippen LogP contribution in [0.2, 0.25) is 0 Å². The van der Waals surface area contributed by atoms with Crippen LogP contribution >= 0.6 is 15.9 Å². The van der Waals surface area contributed by atoms with Crippen molar-refractivity contribution < 1.29 is 14.3 Å². The third-order valence-electron chi connectivity index (χ3n) is 3.66. The van der Waals surface area contributed by atoms with Crippen molar-refractivity contribution in [1.29, 1.82) is 0 Å². The lowest BCUT2D eigenvalue weighted by Gasteiger charge is -2.31. The van der Waals surface area contributed by atoms with Crippen LogP contribution in [0, 0.1) is 0 Å². The van der Waals surface area contributed by atoms with E-state index in [1.807, 2.05) is 29.2 Å². The van der Waals surface area contributed by atoms with Gasteiger partial charge in [0.1, 0.15) is 5.75 Å². The van der Waals surface area contributed by atoms with Gasteiger partial charge in [0.2, 0.25) is 0 Å². The Hall–Kier alpha value is -1.11. The van der Waals surface area contributed by atoms with Crippen molar-refractivity contribution in [3.8, 4) is 5.75 Å². The number of hydrogen-bond acceptors (Lipinski definition) is 4. The number of hydrogen-bond donors (Lipinski definition) is 1. The maximum absolute atomic E-state index is 12.2. The van der Waals surface area contributed by atoms with E-state index in [2.05, 4.69) is 15.9 Å². The lowest BCUT2D eigenvalue weighted by Crippen LogP contribution is -2.43. The van der Waals surface area contributed by atoms with Crippen LogP contribution in [0.3, 0.4) is 0 Å². The zero-order valence-electron chi connectivity index (χ0n) is 12.7. The van der Waals surface area contributed by atoms with Crippen molar-refractivity contribution >= 4 is 21.8 Å². The summed E-state index contributed by atoms with van der Waals surface area (Å²) in [5.41, 5.74) is 5.45. The van der Waals surface area contributed by atoms with E-state index >= 15 is 0 Å². The van der Waals surface area contributed by atoms with E-state index in [-0.39, 0.29) is 18.6 Å². The van der Waals surface area contributed by atoms with Crippen LogP contribution in [-0.4, -0.2) is 49.8 Å². The molecule has 1 aromatic rings. The Balaban J connectivity index is 1.69. The Morgan fingerprint density at radius 1 is 1.36 bits per heavy atom. The van der Waals surface area contributed by atoms with Crippen molar-refractivity contribution in [3.05, 3.63) is 28.7 Å². The summed E-state index contributed by atoms with van der Waals surface area (Å²) in [6, 6.07) is 7.50. The molecule has 0 spiro atoms. The van der Waals surface area contributed by atoms with Gasteiger partial charge in [-0.05, 0) is 44.0 Å². The average Bonchev–Trinajstić information content (AvgIpc) is 2.54. The molecule has 0 atom stereocenters. The summed E-state index contributed by atoms with van der Waals surface area (Å²) in [4.78, 5) is 14.0.